The summed E-state index contributed by atoms with van der Waals surface area (Å²) in [6, 6.07) is -0.121. The zero-order valence-electron chi connectivity index (χ0n) is 14.2. The van der Waals surface area contributed by atoms with Crippen molar-refractivity contribution in [3.63, 3.8) is 0 Å². The number of nitrogens with one attached hydrogen (secondary N) is 2. The normalized spacial score (nSPS) is 12.2. The van der Waals surface area contributed by atoms with Crippen molar-refractivity contribution in [2.75, 3.05) is 13.1 Å². The van der Waals surface area contributed by atoms with Crippen LogP contribution in [-0.2, 0) is 13.0 Å². The molecule has 23 heavy (non-hydrogen) atoms. The van der Waals surface area contributed by atoms with Gasteiger partial charge in [-0.1, -0.05) is 6.92 Å². The van der Waals surface area contributed by atoms with E-state index < -0.39 is 0 Å². The topological polar surface area (TPSA) is 71.8 Å². The number of amides is 2. The second-order valence-electron chi connectivity index (χ2n) is 5.87. The maximum atomic E-state index is 11.8. The van der Waals surface area contributed by atoms with E-state index in [9.17, 15) is 4.79 Å². The Bertz CT molecular complexity index is 629. The first-order chi connectivity index (χ1) is 11.0. The van der Waals surface area contributed by atoms with Crippen molar-refractivity contribution in [3.05, 3.63) is 33.8 Å². The van der Waals surface area contributed by atoms with Crippen molar-refractivity contribution >= 4 is 17.4 Å². The number of aryl methyl sites for hydroxylation is 3. The monoisotopic (exact) mass is 335 g/mol. The van der Waals surface area contributed by atoms with E-state index in [1.165, 1.54) is 4.88 Å². The van der Waals surface area contributed by atoms with Crippen LogP contribution >= 0.6 is 11.3 Å². The van der Waals surface area contributed by atoms with Gasteiger partial charge in [-0.25, -0.2) is 14.8 Å². The Morgan fingerprint density at radius 3 is 2.74 bits per heavy atom. The molecule has 0 fully saturated rings. The molecular formula is C16H25N5OS. The summed E-state index contributed by atoms with van der Waals surface area (Å²) in [5.74, 6) is 1.34. The summed E-state index contributed by atoms with van der Waals surface area (Å²) in [6.07, 6.45) is 4.53. The van der Waals surface area contributed by atoms with E-state index in [0.717, 1.165) is 29.5 Å². The molecule has 0 saturated heterocycles. The first-order valence-corrected chi connectivity index (χ1v) is 8.69. The van der Waals surface area contributed by atoms with Crippen LogP contribution in [0.2, 0.25) is 0 Å². The number of hydrogen-bond acceptors (Lipinski definition) is 4. The average Bonchev–Trinajstić information content (AvgIpc) is 3.03. The van der Waals surface area contributed by atoms with Gasteiger partial charge in [-0.3, -0.25) is 0 Å². The molecule has 0 bridgehead atoms. The van der Waals surface area contributed by atoms with E-state index in [1.807, 2.05) is 20.0 Å². The zero-order chi connectivity index (χ0) is 16.8. The number of urea groups is 1. The van der Waals surface area contributed by atoms with E-state index in [0.29, 0.717) is 19.0 Å². The molecule has 0 aliphatic carbocycles. The molecule has 1 atom stereocenters. The summed E-state index contributed by atoms with van der Waals surface area (Å²) < 4.78 is 2.09. The highest BCUT2D eigenvalue weighted by atomic mass is 32.1. The van der Waals surface area contributed by atoms with Gasteiger partial charge in [0.15, 0.2) is 0 Å². The zero-order valence-corrected chi connectivity index (χ0v) is 15.0. The van der Waals surface area contributed by atoms with Crippen molar-refractivity contribution in [2.45, 2.75) is 40.7 Å². The molecule has 0 unspecified atom stereocenters. The van der Waals surface area contributed by atoms with E-state index in [-0.39, 0.29) is 6.03 Å². The van der Waals surface area contributed by atoms with Crippen molar-refractivity contribution in [1.82, 2.24) is 25.2 Å². The largest absolute Gasteiger partial charge is 0.338 e. The molecule has 0 aromatic carbocycles. The summed E-state index contributed by atoms with van der Waals surface area (Å²) in [5.41, 5.74) is 1.08. The van der Waals surface area contributed by atoms with E-state index in [4.69, 9.17) is 0 Å². The number of rotatable bonds is 7. The third-order valence-corrected chi connectivity index (χ3v) is 4.87. The Morgan fingerprint density at radius 1 is 1.35 bits per heavy atom. The van der Waals surface area contributed by atoms with Crippen LogP contribution in [0.25, 0.3) is 0 Å². The lowest BCUT2D eigenvalue weighted by atomic mass is 10.2. The van der Waals surface area contributed by atoms with Gasteiger partial charge in [0, 0.05) is 43.3 Å². The molecule has 0 spiro atoms. The van der Waals surface area contributed by atoms with Crippen LogP contribution < -0.4 is 10.6 Å². The minimum atomic E-state index is -0.121. The molecule has 0 aliphatic heterocycles. The predicted molar refractivity (Wildman–Crippen MR) is 92.8 cm³/mol. The molecule has 2 heterocycles. The van der Waals surface area contributed by atoms with Crippen molar-refractivity contribution in [2.24, 2.45) is 5.92 Å². The minimum absolute atomic E-state index is 0.121. The van der Waals surface area contributed by atoms with Gasteiger partial charge >= 0.3 is 6.03 Å². The van der Waals surface area contributed by atoms with Crippen LogP contribution in [0, 0.1) is 26.7 Å². The van der Waals surface area contributed by atoms with Crippen molar-refractivity contribution in [1.29, 1.82) is 0 Å². The quantitative estimate of drug-likeness (QED) is 0.816. The number of imidazole rings is 1. The van der Waals surface area contributed by atoms with Crippen LogP contribution in [-0.4, -0.2) is 33.7 Å². The van der Waals surface area contributed by atoms with Gasteiger partial charge in [-0.15, -0.1) is 11.3 Å². The first-order valence-electron chi connectivity index (χ1n) is 7.88. The summed E-state index contributed by atoms with van der Waals surface area (Å²) in [6.45, 7) is 10.3. The molecule has 126 valence electrons. The van der Waals surface area contributed by atoms with Crippen LogP contribution in [0.1, 0.15) is 28.3 Å². The molecule has 0 aliphatic rings. The SMILES string of the molecule is Cc1nc(CCNC(=O)NC[C@@H](C)Cn2ccnc2C)sc1C. The molecule has 2 aromatic rings. The fraction of sp³-hybridized carbons (Fsp3) is 0.562. The average molecular weight is 335 g/mol. The molecule has 2 aromatic heterocycles. The maximum Gasteiger partial charge on any atom is 0.314 e. The molecule has 7 heteroatoms. The highest BCUT2D eigenvalue weighted by Crippen LogP contribution is 2.16. The van der Waals surface area contributed by atoms with Crippen molar-refractivity contribution < 1.29 is 4.79 Å². The first kappa shape index (κ1) is 17.5. The third kappa shape index (κ3) is 5.35. The Balaban J connectivity index is 1.64. The summed E-state index contributed by atoms with van der Waals surface area (Å²) >= 11 is 1.70. The molecular weight excluding hydrogens is 310 g/mol. The van der Waals surface area contributed by atoms with E-state index >= 15 is 0 Å². The molecule has 6 nitrogen and oxygen atoms in total. The minimum Gasteiger partial charge on any atom is -0.338 e. The third-order valence-electron chi connectivity index (χ3n) is 3.74. The fourth-order valence-corrected chi connectivity index (χ4v) is 3.19. The summed E-state index contributed by atoms with van der Waals surface area (Å²) in [7, 11) is 0. The molecule has 2 N–H and O–H groups in total. The lowest BCUT2D eigenvalue weighted by molar-refractivity contribution is 0.238. The van der Waals surface area contributed by atoms with E-state index in [2.05, 4.69) is 39.0 Å². The number of aromatic nitrogens is 3. The second-order valence-corrected chi connectivity index (χ2v) is 7.16. The smallest absolute Gasteiger partial charge is 0.314 e. The van der Waals surface area contributed by atoms with Crippen LogP contribution in [0.4, 0.5) is 4.79 Å². The summed E-state index contributed by atoms with van der Waals surface area (Å²) in [5, 5.41) is 6.87. The number of thiazole rings is 1. The van der Waals surface area contributed by atoms with Gasteiger partial charge < -0.3 is 15.2 Å². The van der Waals surface area contributed by atoms with Crippen LogP contribution in [0.5, 0.6) is 0 Å². The second kappa shape index (κ2) is 8.10. The van der Waals surface area contributed by atoms with Gasteiger partial charge in [-0.05, 0) is 26.7 Å². The Morgan fingerprint density at radius 2 is 2.13 bits per heavy atom. The van der Waals surface area contributed by atoms with Crippen molar-refractivity contribution in [3.8, 4) is 0 Å². The highest BCUT2D eigenvalue weighted by molar-refractivity contribution is 7.11. The lowest BCUT2D eigenvalue weighted by Gasteiger charge is -2.14. The standard InChI is InChI=1S/C16H25N5OS/c1-11(10-21-8-7-17-14(21)4)9-19-16(22)18-6-5-15-20-12(2)13(3)23-15/h7-8,11H,5-6,9-10H2,1-4H3,(H2,18,19,22)/t11-/m1/s1. The van der Waals surface area contributed by atoms with Crippen LogP contribution in [0.15, 0.2) is 12.4 Å². The number of carbonyl (C=O) groups is 1. The highest BCUT2D eigenvalue weighted by Gasteiger charge is 2.08. The number of hydrogen-bond donors (Lipinski definition) is 2. The van der Waals surface area contributed by atoms with Gasteiger partial charge in [0.1, 0.15) is 5.82 Å². The molecule has 0 radical (unpaired) electrons. The van der Waals surface area contributed by atoms with E-state index in [1.54, 1.807) is 17.5 Å². The van der Waals surface area contributed by atoms with Gasteiger partial charge in [-0.2, -0.15) is 0 Å². The van der Waals surface area contributed by atoms with Gasteiger partial charge in [0.25, 0.3) is 0 Å². The Hall–Kier alpha value is -1.89. The molecule has 0 saturated carbocycles. The number of carbonyl (C=O) groups excluding carboxylic acids is 1. The van der Waals surface area contributed by atoms with Gasteiger partial charge in [0.05, 0.1) is 10.7 Å². The molecule has 2 rings (SSSR count). The Kier molecular flexibility index (Phi) is 6.15. The number of nitrogens with zero attached hydrogens (tertiary/aromatic N) is 3. The lowest BCUT2D eigenvalue weighted by Crippen LogP contribution is -2.39. The maximum absolute atomic E-state index is 11.8. The fourth-order valence-electron chi connectivity index (χ4n) is 2.26. The van der Waals surface area contributed by atoms with Crippen LogP contribution in [0.3, 0.4) is 0 Å². The predicted octanol–water partition coefficient (Wildman–Crippen LogP) is 2.44. The summed E-state index contributed by atoms with van der Waals surface area (Å²) in [4.78, 5) is 21.7. The Labute approximate surface area is 141 Å². The van der Waals surface area contributed by atoms with Gasteiger partial charge in [0.2, 0.25) is 0 Å². The molecule has 2 amide bonds.